The van der Waals surface area contributed by atoms with E-state index in [0.717, 1.165) is 75.4 Å². The summed E-state index contributed by atoms with van der Waals surface area (Å²) in [6.07, 6.45) is 5.50. The molecule has 4 aliphatic rings. The minimum absolute atomic E-state index is 0.130. The van der Waals surface area contributed by atoms with E-state index in [-0.39, 0.29) is 11.7 Å². The summed E-state index contributed by atoms with van der Waals surface area (Å²) >= 11 is 0. The first-order valence-corrected chi connectivity index (χ1v) is 12.4. The molecule has 6 heteroatoms. The molecule has 2 saturated heterocycles. The number of carbonyl (C=O) groups excluding carboxylic acids is 1. The normalized spacial score (nSPS) is 26.3. The number of amidine groups is 1. The Labute approximate surface area is 194 Å². The van der Waals surface area contributed by atoms with Gasteiger partial charge in [0.25, 0.3) is 0 Å². The quantitative estimate of drug-likeness (QED) is 0.780. The number of fused-ring (bicyclic) bond motifs is 4. The Hall–Kier alpha value is -2.73. The lowest BCUT2D eigenvalue weighted by Crippen LogP contribution is -2.46. The number of halogens is 1. The fourth-order valence-corrected chi connectivity index (χ4v) is 6.30. The number of nitrogens with zero attached hydrogens (tertiary/aromatic N) is 3. The summed E-state index contributed by atoms with van der Waals surface area (Å²) in [4.78, 5) is 22.0. The predicted octanol–water partition coefficient (Wildman–Crippen LogP) is 3.67. The molecule has 0 unspecified atom stereocenters. The van der Waals surface area contributed by atoms with Crippen LogP contribution in [0.4, 0.5) is 10.1 Å². The van der Waals surface area contributed by atoms with Crippen molar-refractivity contribution in [2.24, 2.45) is 4.99 Å². The molecular formula is C27H31FN4O. The zero-order chi connectivity index (χ0) is 22.4. The van der Waals surface area contributed by atoms with Crippen molar-refractivity contribution in [3.05, 3.63) is 65.0 Å². The number of benzene rings is 2. The van der Waals surface area contributed by atoms with Gasteiger partial charge in [-0.05, 0) is 60.6 Å². The number of anilines is 1. The second-order valence-corrected chi connectivity index (χ2v) is 9.91. The Morgan fingerprint density at radius 2 is 1.91 bits per heavy atom. The number of amides is 1. The van der Waals surface area contributed by atoms with Crippen LogP contribution >= 0.6 is 0 Å². The van der Waals surface area contributed by atoms with Gasteiger partial charge in [0.15, 0.2) is 0 Å². The maximum atomic E-state index is 13.6. The number of rotatable bonds is 4. The fourth-order valence-electron chi connectivity index (χ4n) is 6.30. The molecule has 0 spiro atoms. The Morgan fingerprint density at radius 3 is 2.79 bits per heavy atom. The maximum Gasteiger partial charge on any atom is 0.231 e. The van der Waals surface area contributed by atoms with Gasteiger partial charge in [-0.1, -0.05) is 24.3 Å². The third-order valence-electron chi connectivity index (χ3n) is 7.98. The van der Waals surface area contributed by atoms with Gasteiger partial charge in [-0.15, -0.1) is 0 Å². The SMILES string of the molecule is O=C1Cc2ccccc2N1C1CCN(CCN=C2C[C@H]3c4ccc(F)cc4CC[C@H]3N2)CC1. The monoisotopic (exact) mass is 446 g/mol. The molecule has 2 atom stereocenters. The highest BCUT2D eigenvalue weighted by atomic mass is 19.1. The number of para-hydroxylation sites is 1. The number of carbonyl (C=O) groups is 1. The molecule has 2 aromatic rings. The summed E-state index contributed by atoms with van der Waals surface area (Å²) in [6, 6.07) is 14.2. The first-order valence-electron chi connectivity index (χ1n) is 12.4. The second-order valence-electron chi connectivity index (χ2n) is 9.91. The molecule has 6 rings (SSSR count). The standard InChI is InChI=1S/C27H31FN4O/c28-20-6-7-22-18(15-20)5-8-24-23(22)17-26(30-24)29-11-14-31-12-9-21(10-13-31)32-25-4-2-1-3-19(25)16-27(32)33/h1-4,6-7,15,21,23-24H,5,8-14,16-17H2,(H,29,30)/t23-,24+/m0/s1. The molecule has 1 amide bonds. The third kappa shape index (κ3) is 3.95. The van der Waals surface area contributed by atoms with Gasteiger partial charge in [0.2, 0.25) is 5.91 Å². The largest absolute Gasteiger partial charge is 0.370 e. The molecule has 0 radical (unpaired) electrons. The fraction of sp³-hybridized carbons (Fsp3) is 0.481. The van der Waals surface area contributed by atoms with E-state index in [1.165, 1.54) is 11.1 Å². The molecule has 0 aromatic heterocycles. The number of aryl methyl sites for hydroxylation is 1. The summed E-state index contributed by atoms with van der Waals surface area (Å²) in [5.41, 5.74) is 4.75. The van der Waals surface area contributed by atoms with Crippen LogP contribution < -0.4 is 10.2 Å². The van der Waals surface area contributed by atoms with Crippen molar-refractivity contribution in [3.63, 3.8) is 0 Å². The van der Waals surface area contributed by atoms with Gasteiger partial charge >= 0.3 is 0 Å². The van der Waals surface area contributed by atoms with Crippen LogP contribution in [0.2, 0.25) is 0 Å². The van der Waals surface area contributed by atoms with Crippen molar-refractivity contribution < 1.29 is 9.18 Å². The molecule has 1 aliphatic carbocycles. The highest BCUT2D eigenvalue weighted by Gasteiger charge is 2.37. The van der Waals surface area contributed by atoms with Crippen LogP contribution in [0.25, 0.3) is 0 Å². The predicted molar refractivity (Wildman–Crippen MR) is 128 cm³/mol. The first kappa shape index (κ1) is 20.8. The Kier molecular flexibility index (Phi) is 5.41. The van der Waals surface area contributed by atoms with Crippen molar-refractivity contribution in [1.29, 1.82) is 0 Å². The average Bonchev–Trinajstić information content (AvgIpc) is 3.39. The van der Waals surface area contributed by atoms with Crippen LogP contribution in [0.1, 0.15) is 48.3 Å². The molecule has 1 N–H and O–H groups in total. The number of aliphatic imine (C=N–C) groups is 1. The van der Waals surface area contributed by atoms with Crippen LogP contribution in [-0.2, 0) is 17.6 Å². The number of hydrogen-bond donors (Lipinski definition) is 1. The summed E-state index contributed by atoms with van der Waals surface area (Å²) in [5, 5.41) is 3.64. The van der Waals surface area contributed by atoms with Crippen molar-refractivity contribution in [2.75, 3.05) is 31.1 Å². The lowest BCUT2D eigenvalue weighted by molar-refractivity contribution is -0.118. The van der Waals surface area contributed by atoms with Gasteiger partial charge in [0.1, 0.15) is 5.82 Å². The summed E-state index contributed by atoms with van der Waals surface area (Å²) in [7, 11) is 0. The van der Waals surface area contributed by atoms with Gasteiger partial charge in [-0.2, -0.15) is 0 Å². The van der Waals surface area contributed by atoms with Crippen LogP contribution in [0.5, 0.6) is 0 Å². The minimum Gasteiger partial charge on any atom is -0.370 e. The first-order chi connectivity index (χ1) is 16.2. The number of likely N-dealkylation sites (tertiary alicyclic amines) is 1. The Morgan fingerprint density at radius 1 is 1.06 bits per heavy atom. The van der Waals surface area contributed by atoms with Crippen molar-refractivity contribution >= 4 is 17.4 Å². The van der Waals surface area contributed by atoms with E-state index in [1.807, 2.05) is 18.2 Å². The zero-order valence-corrected chi connectivity index (χ0v) is 19.0. The van der Waals surface area contributed by atoms with Crippen LogP contribution in [0.15, 0.2) is 47.5 Å². The number of piperidine rings is 1. The molecule has 3 aliphatic heterocycles. The van der Waals surface area contributed by atoms with E-state index < -0.39 is 0 Å². The molecule has 172 valence electrons. The van der Waals surface area contributed by atoms with E-state index in [2.05, 4.69) is 27.2 Å². The lowest BCUT2D eigenvalue weighted by atomic mass is 9.80. The highest BCUT2D eigenvalue weighted by Crippen LogP contribution is 2.38. The molecule has 0 saturated carbocycles. The van der Waals surface area contributed by atoms with Gasteiger partial charge in [-0.25, -0.2) is 4.39 Å². The van der Waals surface area contributed by atoms with Crippen molar-refractivity contribution in [3.8, 4) is 0 Å². The zero-order valence-electron chi connectivity index (χ0n) is 19.0. The molecule has 33 heavy (non-hydrogen) atoms. The van der Waals surface area contributed by atoms with E-state index in [1.54, 1.807) is 12.1 Å². The van der Waals surface area contributed by atoms with E-state index in [9.17, 15) is 9.18 Å². The van der Waals surface area contributed by atoms with Crippen molar-refractivity contribution in [1.82, 2.24) is 10.2 Å². The highest BCUT2D eigenvalue weighted by molar-refractivity contribution is 6.01. The Balaban J connectivity index is 1.01. The molecule has 3 heterocycles. The second kappa shape index (κ2) is 8.56. The summed E-state index contributed by atoms with van der Waals surface area (Å²) in [5.74, 6) is 1.65. The van der Waals surface area contributed by atoms with E-state index in [4.69, 9.17) is 4.99 Å². The third-order valence-corrected chi connectivity index (χ3v) is 7.98. The lowest BCUT2D eigenvalue weighted by Gasteiger charge is -2.36. The van der Waals surface area contributed by atoms with Gasteiger partial charge in [-0.3, -0.25) is 9.79 Å². The molecule has 0 bridgehead atoms. The van der Waals surface area contributed by atoms with Crippen LogP contribution in [-0.4, -0.2) is 54.9 Å². The van der Waals surface area contributed by atoms with Crippen LogP contribution in [0, 0.1) is 5.82 Å². The molecule has 5 nitrogen and oxygen atoms in total. The number of nitrogens with one attached hydrogen (secondary N) is 1. The smallest absolute Gasteiger partial charge is 0.231 e. The van der Waals surface area contributed by atoms with E-state index in [0.29, 0.717) is 24.4 Å². The van der Waals surface area contributed by atoms with Crippen LogP contribution in [0.3, 0.4) is 0 Å². The van der Waals surface area contributed by atoms with Crippen molar-refractivity contribution in [2.45, 2.75) is 56.5 Å². The van der Waals surface area contributed by atoms with Gasteiger partial charge < -0.3 is 15.1 Å². The molecular weight excluding hydrogens is 415 g/mol. The maximum absolute atomic E-state index is 13.6. The summed E-state index contributed by atoms with van der Waals surface area (Å²) < 4.78 is 13.6. The topological polar surface area (TPSA) is 47.9 Å². The Bertz CT molecular complexity index is 1090. The molecule has 2 aromatic carbocycles. The average molecular weight is 447 g/mol. The van der Waals surface area contributed by atoms with Gasteiger partial charge in [0.05, 0.1) is 18.8 Å². The van der Waals surface area contributed by atoms with Gasteiger partial charge in [0, 0.05) is 49.7 Å². The summed E-state index contributed by atoms with van der Waals surface area (Å²) in [6.45, 7) is 3.78. The molecule has 2 fully saturated rings. The number of hydrogen-bond acceptors (Lipinski definition) is 3. The van der Waals surface area contributed by atoms with E-state index >= 15 is 0 Å². The minimum atomic E-state index is -0.130.